The first-order chi connectivity index (χ1) is 12.6. The Morgan fingerprint density at radius 1 is 1.23 bits per heavy atom. The molecule has 138 valence electrons. The summed E-state index contributed by atoms with van der Waals surface area (Å²) < 4.78 is 5.38. The van der Waals surface area contributed by atoms with Gasteiger partial charge in [0.1, 0.15) is 0 Å². The SMILES string of the molecule is COC[C@@H]1CCC2(CCN(C(=O)c3ccnc4ccccc34)CC2)N1C. The van der Waals surface area contributed by atoms with E-state index in [1.807, 2.05) is 35.2 Å². The second-order valence-electron chi connectivity index (χ2n) is 7.65. The molecule has 4 rings (SSSR count). The van der Waals surface area contributed by atoms with Gasteiger partial charge in [-0.15, -0.1) is 0 Å². The number of hydrogen-bond acceptors (Lipinski definition) is 4. The monoisotopic (exact) mass is 353 g/mol. The Hall–Kier alpha value is -1.98. The van der Waals surface area contributed by atoms with E-state index in [4.69, 9.17) is 4.74 Å². The highest BCUT2D eigenvalue weighted by Gasteiger charge is 2.46. The molecule has 2 aromatic rings. The molecule has 1 aromatic heterocycles. The largest absolute Gasteiger partial charge is 0.383 e. The van der Waals surface area contributed by atoms with Crippen LogP contribution in [-0.4, -0.2) is 66.1 Å². The molecule has 26 heavy (non-hydrogen) atoms. The summed E-state index contributed by atoms with van der Waals surface area (Å²) >= 11 is 0. The van der Waals surface area contributed by atoms with E-state index < -0.39 is 0 Å². The molecule has 0 aliphatic carbocycles. The lowest BCUT2D eigenvalue weighted by atomic mass is 9.85. The summed E-state index contributed by atoms with van der Waals surface area (Å²) in [4.78, 5) is 22.0. The number of carbonyl (C=O) groups excluding carboxylic acids is 1. The maximum atomic E-state index is 13.1. The van der Waals surface area contributed by atoms with Crippen molar-refractivity contribution in [3.63, 3.8) is 0 Å². The number of carbonyl (C=O) groups is 1. The number of nitrogens with zero attached hydrogens (tertiary/aromatic N) is 3. The van der Waals surface area contributed by atoms with Gasteiger partial charge >= 0.3 is 0 Å². The highest BCUT2D eigenvalue weighted by atomic mass is 16.5. The number of likely N-dealkylation sites (N-methyl/N-ethyl adjacent to an activating group) is 1. The van der Waals surface area contributed by atoms with Gasteiger partial charge < -0.3 is 9.64 Å². The average Bonchev–Trinajstić information content (AvgIpc) is 2.98. The Labute approximate surface area is 154 Å². The number of fused-ring (bicyclic) bond motifs is 1. The third-order valence-electron chi connectivity index (χ3n) is 6.46. The first kappa shape index (κ1) is 17.4. The standard InChI is InChI=1S/C21H27N3O2/c1-23-16(15-26-2)7-9-21(23)10-13-24(14-11-21)20(25)18-8-12-22-19-6-4-3-5-17(18)19/h3-6,8,12,16H,7,9-11,13-15H2,1-2H3/t16-/m0/s1. The molecule has 1 spiro atoms. The summed E-state index contributed by atoms with van der Waals surface area (Å²) in [5.74, 6) is 0.132. The normalized spacial score (nSPS) is 23.0. The van der Waals surface area contributed by atoms with Crippen LogP contribution in [0.5, 0.6) is 0 Å². The molecule has 0 N–H and O–H groups in total. The van der Waals surface area contributed by atoms with Crippen molar-refractivity contribution in [2.75, 3.05) is 33.9 Å². The van der Waals surface area contributed by atoms with Crippen molar-refractivity contribution in [3.8, 4) is 0 Å². The van der Waals surface area contributed by atoms with Crippen molar-refractivity contribution in [2.45, 2.75) is 37.3 Å². The Bertz CT molecular complexity index is 793. The minimum atomic E-state index is 0.132. The van der Waals surface area contributed by atoms with Gasteiger partial charge in [0.05, 0.1) is 17.7 Å². The molecule has 5 nitrogen and oxygen atoms in total. The van der Waals surface area contributed by atoms with Crippen molar-refractivity contribution in [1.82, 2.24) is 14.8 Å². The van der Waals surface area contributed by atoms with E-state index in [1.54, 1.807) is 13.3 Å². The van der Waals surface area contributed by atoms with E-state index in [1.165, 1.54) is 12.8 Å². The van der Waals surface area contributed by atoms with Crippen LogP contribution in [-0.2, 0) is 4.74 Å². The molecule has 0 saturated carbocycles. The van der Waals surface area contributed by atoms with Crippen molar-refractivity contribution in [1.29, 1.82) is 0 Å². The molecule has 2 aliphatic rings. The first-order valence-corrected chi connectivity index (χ1v) is 9.49. The van der Waals surface area contributed by atoms with Gasteiger partial charge in [0.25, 0.3) is 5.91 Å². The molecule has 1 atom stereocenters. The van der Waals surface area contributed by atoms with Gasteiger partial charge in [-0.05, 0) is 44.9 Å². The third kappa shape index (κ3) is 2.89. The quantitative estimate of drug-likeness (QED) is 0.851. The van der Waals surface area contributed by atoms with Crippen molar-refractivity contribution < 1.29 is 9.53 Å². The summed E-state index contributed by atoms with van der Waals surface area (Å²) in [6, 6.07) is 10.2. The van der Waals surface area contributed by atoms with Crippen molar-refractivity contribution in [3.05, 3.63) is 42.1 Å². The van der Waals surface area contributed by atoms with E-state index in [-0.39, 0.29) is 11.4 Å². The highest BCUT2D eigenvalue weighted by molar-refractivity contribution is 6.06. The zero-order valence-corrected chi connectivity index (χ0v) is 15.6. The van der Waals surface area contributed by atoms with Crippen LogP contribution in [0.25, 0.3) is 10.9 Å². The number of rotatable bonds is 3. The highest BCUT2D eigenvalue weighted by Crippen LogP contribution is 2.40. The van der Waals surface area contributed by atoms with Crippen LogP contribution in [0.15, 0.2) is 36.5 Å². The molecular weight excluding hydrogens is 326 g/mol. The molecule has 0 unspecified atom stereocenters. The number of pyridine rings is 1. The van der Waals surface area contributed by atoms with E-state index in [2.05, 4.69) is 16.9 Å². The lowest BCUT2D eigenvalue weighted by molar-refractivity contribution is 0.0274. The number of benzene rings is 1. The van der Waals surface area contributed by atoms with Gasteiger partial charge in [0.15, 0.2) is 0 Å². The fourth-order valence-electron chi connectivity index (χ4n) is 4.76. The smallest absolute Gasteiger partial charge is 0.254 e. The third-order valence-corrected chi connectivity index (χ3v) is 6.46. The summed E-state index contributed by atoms with van der Waals surface area (Å²) in [5.41, 5.74) is 1.88. The average molecular weight is 353 g/mol. The zero-order valence-electron chi connectivity index (χ0n) is 15.6. The lowest BCUT2D eigenvalue weighted by Crippen LogP contribution is -2.54. The number of ether oxygens (including phenoxy) is 1. The predicted octanol–water partition coefficient (Wildman–Crippen LogP) is 2.95. The number of para-hydroxylation sites is 1. The molecule has 0 radical (unpaired) electrons. The van der Waals surface area contributed by atoms with Crippen LogP contribution < -0.4 is 0 Å². The number of amides is 1. The number of piperidine rings is 1. The van der Waals surface area contributed by atoms with Gasteiger partial charge in [-0.25, -0.2) is 0 Å². The van der Waals surface area contributed by atoms with Crippen LogP contribution in [0.4, 0.5) is 0 Å². The molecule has 5 heteroatoms. The summed E-state index contributed by atoms with van der Waals surface area (Å²) in [6.45, 7) is 2.43. The lowest BCUT2D eigenvalue weighted by Gasteiger charge is -2.45. The van der Waals surface area contributed by atoms with Gasteiger partial charge in [-0.3, -0.25) is 14.7 Å². The second kappa shape index (κ2) is 6.97. The molecule has 0 bridgehead atoms. The second-order valence-corrected chi connectivity index (χ2v) is 7.65. The van der Waals surface area contributed by atoms with Crippen LogP contribution in [0.2, 0.25) is 0 Å². The minimum absolute atomic E-state index is 0.132. The van der Waals surface area contributed by atoms with E-state index in [0.29, 0.717) is 6.04 Å². The summed E-state index contributed by atoms with van der Waals surface area (Å²) in [6.07, 6.45) is 6.21. The number of likely N-dealkylation sites (tertiary alicyclic amines) is 2. The molecule has 2 aliphatic heterocycles. The summed E-state index contributed by atoms with van der Waals surface area (Å²) in [7, 11) is 4.00. The van der Waals surface area contributed by atoms with E-state index in [9.17, 15) is 4.79 Å². The molecular formula is C21H27N3O2. The molecule has 1 aromatic carbocycles. The molecule has 2 saturated heterocycles. The zero-order chi connectivity index (χ0) is 18.1. The number of aromatic nitrogens is 1. The van der Waals surface area contributed by atoms with Gasteiger partial charge in [-0.2, -0.15) is 0 Å². The van der Waals surface area contributed by atoms with E-state index in [0.717, 1.165) is 49.0 Å². The topological polar surface area (TPSA) is 45.7 Å². The van der Waals surface area contributed by atoms with Gasteiger partial charge in [0, 0.05) is 43.4 Å². The van der Waals surface area contributed by atoms with E-state index >= 15 is 0 Å². The molecule has 1 amide bonds. The maximum Gasteiger partial charge on any atom is 0.254 e. The Morgan fingerprint density at radius 2 is 2.00 bits per heavy atom. The van der Waals surface area contributed by atoms with Crippen LogP contribution in [0.1, 0.15) is 36.0 Å². The summed E-state index contributed by atoms with van der Waals surface area (Å²) in [5, 5.41) is 0.943. The van der Waals surface area contributed by atoms with Gasteiger partial charge in [-0.1, -0.05) is 18.2 Å². The fraction of sp³-hybridized carbons (Fsp3) is 0.524. The van der Waals surface area contributed by atoms with Crippen LogP contribution in [0, 0.1) is 0 Å². The van der Waals surface area contributed by atoms with Crippen molar-refractivity contribution in [2.24, 2.45) is 0 Å². The Morgan fingerprint density at radius 3 is 2.77 bits per heavy atom. The molecule has 2 fully saturated rings. The minimum Gasteiger partial charge on any atom is -0.383 e. The van der Waals surface area contributed by atoms with Crippen molar-refractivity contribution >= 4 is 16.8 Å². The van der Waals surface area contributed by atoms with Crippen LogP contribution in [0.3, 0.4) is 0 Å². The number of hydrogen-bond donors (Lipinski definition) is 0. The van der Waals surface area contributed by atoms with Crippen LogP contribution >= 0.6 is 0 Å². The van der Waals surface area contributed by atoms with Gasteiger partial charge in [0.2, 0.25) is 0 Å². The maximum absolute atomic E-state index is 13.1. The Balaban J connectivity index is 1.49. The number of methoxy groups -OCH3 is 1. The first-order valence-electron chi connectivity index (χ1n) is 9.49. The Kier molecular flexibility index (Phi) is 4.67. The molecule has 3 heterocycles. The predicted molar refractivity (Wildman–Crippen MR) is 102 cm³/mol. The fourth-order valence-corrected chi connectivity index (χ4v) is 4.76.